The number of aromatic nitrogens is 2. The summed E-state index contributed by atoms with van der Waals surface area (Å²) in [4.78, 5) is 10.5. The molecule has 0 bridgehead atoms. The molecule has 0 radical (unpaired) electrons. The van der Waals surface area contributed by atoms with Crippen LogP contribution >= 0.6 is 0 Å². The summed E-state index contributed by atoms with van der Waals surface area (Å²) < 4.78 is 1.86. The zero-order valence-electron chi connectivity index (χ0n) is 10.7. The predicted octanol–water partition coefficient (Wildman–Crippen LogP) is 2.60. The van der Waals surface area contributed by atoms with Crippen LogP contribution in [0.4, 0.5) is 11.4 Å². The van der Waals surface area contributed by atoms with Gasteiger partial charge in [-0.1, -0.05) is 6.07 Å². The van der Waals surface area contributed by atoms with Crippen LogP contribution in [0.1, 0.15) is 12.0 Å². The maximum absolute atomic E-state index is 10.8. The lowest BCUT2D eigenvalue weighted by atomic mass is 10.1. The lowest BCUT2D eigenvalue weighted by Gasteiger charge is -2.09. The molecule has 1 aromatic heterocycles. The Kier molecular flexibility index (Phi) is 4.12. The Labute approximate surface area is 111 Å². The van der Waals surface area contributed by atoms with Crippen LogP contribution < -0.4 is 5.32 Å². The molecule has 1 N–H and O–H groups in total. The largest absolute Gasteiger partial charge is 0.385 e. The molecule has 0 saturated heterocycles. The number of nitro benzene ring substituents is 1. The number of rotatable bonds is 6. The average Bonchev–Trinajstić information content (AvgIpc) is 2.89. The van der Waals surface area contributed by atoms with Gasteiger partial charge in [0.25, 0.3) is 5.69 Å². The Morgan fingerprint density at radius 1 is 1.42 bits per heavy atom. The van der Waals surface area contributed by atoms with Crippen molar-refractivity contribution in [2.45, 2.75) is 19.9 Å². The van der Waals surface area contributed by atoms with E-state index in [0.717, 1.165) is 25.2 Å². The highest BCUT2D eigenvalue weighted by Crippen LogP contribution is 2.24. The van der Waals surface area contributed by atoms with Crippen LogP contribution in [0.25, 0.3) is 0 Å². The maximum atomic E-state index is 10.8. The first-order chi connectivity index (χ1) is 9.18. The highest BCUT2D eigenvalue weighted by molar-refractivity contribution is 5.59. The van der Waals surface area contributed by atoms with Gasteiger partial charge in [-0.15, -0.1) is 0 Å². The number of nitrogens with zero attached hydrogens (tertiary/aromatic N) is 3. The van der Waals surface area contributed by atoms with E-state index in [4.69, 9.17) is 0 Å². The zero-order valence-corrected chi connectivity index (χ0v) is 10.7. The van der Waals surface area contributed by atoms with Crippen LogP contribution in [0.3, 0.4) is 0 Å². The molecular weight excluding hydrogens is 244 g/mol. The van der Waals surface area contributed by atoms with Crippen LogP contribution in [0, 0.1) is 17.0 Å². The third kappa shape index (κ3) is 3.31. The van der Waals surface area contributed by atoms with Crippen LogP contribution in [0.5, 0.6) is 0 Å². The molecule has 6 heteroatoms. The van der Waals surface area contributed by atoms with E-state index in [0.29, 0.717) is 5.56 Å². The fraction of sp³-hybridized carbons (Fsp3) is 0.308. The molecule has 0 aliphatic rings. The number of anilines is 1. The van der Waals surface area contributed by atoms with Crippen molar-refractivity contribution in [3.05, 3.63) is 52.3 Å². The highest BCUT2D eigenvalue weighted by Gasteiger charge is 2.12. The summed E-state index contributed by atoms with van der Waals surface area (Å²) in [6.07, 6.45) is 4.57. The molecule has 0 fully saturated rings. The van der Waals surface area contributed by atoms with Gasteiger partial charge in [-0.2, -0.15) is 5.10 Å². The lowest BCUT2D eigenvalue weighted by Crippen LogP contribution is -2.08. The minimum Gasteiger partial charge on any atom is -0.385 e. The summed E-state index contributed by atoms with van der Waals surface area (Å²) in [6, 6.07) is 6.96. The van der Waals surface area contributed by atoms with E-state index in [1.807, 2.05) is 23.0 Å². The van der Waals surface area contributed by atoms with Gasteiger partial charge < -0.3 is 5.32 Å². The molecule has 0 spiro atoms. The molecule has 100 valence electrons. The molecule has 6 nitrogen and oxygen atoms in total. The van der Waals surface area contributed by atoms with Gasteiger partial charge in [0.1, 0.15) is 0 Å². The average molecular weight is 260 g/mol. The van der Waals surface area contributed by atoms with Gasteiger partial charge in [-0.05, 0) is 25.5 Å². The number of benzene rings is 1. The molecule has 19 heavy (non-hydrogen) atoms. The van der Waals surface area contributed by atoms with E-state index in [1.54, 1.807) is 19.2 Å². The van der Waals surface area contributed by atoms with Gasteiger partial charge in [0, 0.05) is 42.8 Å². The van der Waals surface area contributed by atoms with E-state index >= 15 is 0 Å². The standard InChI is InChI=1S/C13H16N4O2/c1-11-12(5-2-6-13(11)17(18)19)14-7-3-9-16-10-4-8-15-16/h2,4-6,8,10,14H,3,7,9H2,1H3. The summed E-state index contributed by atoms with van der Waals surface area (Å²) in [5.41, 5.74) is 1.64. The second kappa shape index (κ2) is 5.99. The van der Waals surface area contributed by atoms with Crippen LogP contribution in [-0.4, -0.2) is 21.2 Å². The quantitative estimate of drug-likeness (QED) is 0.492. The van der Waals surface area contributed by atoms with Crippen molar-refractivity contribution < 1.29 is 4.92 Å². The molecule has 2 aromatic rings. The van der Waals surface area contributed by atoms with Crippen LogP contribution in [-0.2, 0) is 6.54 Å². The van der Waals surface area contributed by atoms with Gasteiger partial charge in [-0.25, -0.2) is 0 Å². The van der Waals surface area contributed by atoms with Gasteiger partial charge in [0.2, 0.25) is 0 Å². The van der Waals surface area contributed by atoms with Crippen LogP contribution in [0.15, 0.2) is 36.7 Å². The Hall–Kier alpha value is -2.37. The molecule has 0 atom stereocenters. The van der Waals surface area contributed by atoms with Crippen molar-refractivity contribution in [2.75, 3.05) is 11.9 Å². The monoisotopic (exact) mass is 260 g/mol. The first-order valence-corrected chi connectivity index (χ1v) is 6.14. The minimum atomic E-state index is -0.357. The van der Waals surface area contributed by atoms with Crippen molar-refractivity contribution in [3.8, 4) is 0 Å². The van der Waals surface area contributed by atoms with Crippen molar-refractivity contribution in [3.63, 3.8) is 0 Å². The fourth-order valence-electron chi connectivity index (χ4n) is 1.91. The number of hydrogen-bond donors (Lipinski definition) is 1. The molecule has 1 heterocycles. The molecule has 0 aliphatic heterocycles. The summed E-state index contributed by atoms with van der Waals surface area (Å²) in [6.45, 7) is 3.34. The first-order valence-electron chi connectivity index (χ1n) is 6.14. The van der Waals surface area contributed by atoms with E-state index in [2.05, 4.69) is 10.4 Å². The summed E-state index contributed by atoms with van der Waals surface area (Å²) >= 11 is 0. The Bertz CT molecular complexity index is 552. The summed E-state index contributed by atoms with van der Waals surface area (Å²) in [5.74, 6) is 0. The van der Waals surface area contributed by atoms with Crippen LogP contribution in [0.2, 0.25) is 0 Å². The SMILES string of the molecule is Cc1c(NCCCn2cccn2)cccc1[N+](=O)[O-]. The second-order valence-corrected chi connectivity index (χ2v) is 4.26. The smallest absolute Gasteiger partial charge is 0.274 e. The van der Waals surface area contributed by atoms with Gasteiger partial charge in [0.05, 0.1) is 4.92 Å². The van der Waals surface area contributed by atoms with Crippen molar-refractivity contribution >= 4 is 11.4 Å². The summed E-state index contributed by atoms with van der Waals surface area (Å²) in [7, 11) is 0. The third-order valence-corrected chi connectivity index (χ3v) is 2.94. The van der Waals surface area contributed by atoms with Crippen molar-refractivity contribution in [1.82, 2.24) is 9.78 Å². The Morgan fingerprint density at radius 2 is 2.26 bits per heavy atom. The van der Waals surface area contributed by atoms with E-state index in [-0.39, 0.29) is 10.6 Å². The number of aryl methyl sites for hydroxylation is 1. The molecule has 2 rings (SSSR count). The third-order valence-electron chi connectivity index (χ3n) is 2.94. The normalized spacial score (nSPS) is 10.4. The van der Waals surface area contributed by atoms with Gasteiger partial charge >= 0.3 is 0 Å². The number of nitro groups is 1. The summed E-state index contributed by atoms with van der Waals surface area (Å²) in [5, 5.41) is 18.2. The topological polar surface area (TPSA) is 73.0 Å². The number of hydrogen-bond acceptors (Lipinski definition) is 4. The van der Waals surface area contributed by atoms with Crippen molar-refractivity contribution in [2.24, 2.45) is 0 Å². The molecule has 1 aromatic carbocycles. The second-order valence-electron chi connectivity index (χ2n) is 4.26. The van der Waals surface area contributed by atoms with E-state index in [1.165, 1.54) is 6.07 Å². The molecule has 0 saturated carbocycles. The highest BCUT2D eigenvalue weighted by atomic mass is 16.6. The molecule has 0 aliphatic carbocycles. The predicted molar refractivity (Wildman–Crippen MR) is 73.2 cm³/mol. The number of nitrogens with one attached hydrogen (secondary N) is 1. The minimum absolute atomic E-state index is 0.150. The fourth-order valence-corrected chi connectivity index (χ4v) is 1.91. The zero-order chi connectivity index (χ0) is 13.7. The van der Waals surface area contributed by atoms with Crippen molar-refractivity contribution in [1.29, 1.82) is 0 Å². The first kappa shape index (κ1) is 13.1. The van der Waals surface area contributed by atoms with E-state index in [9.17, 15) is 10.1 Å². The molecular formula is C13H16N4O2. The lowest BCUT2D eigenvalue weighted by molar-refractivity contribution is -0.385. The molecule has 0 amide bonds. The molecule has 0 unspecified atom stereocenters. The van der Waals surface area contributed by atoms with Gasteiger partial charge in [-0.3, -0.25) is 14.8 Å². The Morgan fingerprint density at radius 3 is 2.95 bits per heavy atom. The maximum Gasteiger partial charge on any atom is 0.274 e. The van der Waals surface area contributed by atoms with E-state index < -0.39 is 0 Å². The Balaban J connectivity index is 1.89. The van der Waals surface area contributed by atoms with Gasteiger partial charge in [0.15, 0.2) is 0 Å².